The minimum atomic E-state index is -3.43. The van der Waals surface area contributed by atoms with Crippen LogP contribution in [0.15, 0.2) is 41.3 Å². The average molecular weight is 482 g/mol. The fourth-order valence-corrected chi connectivity index (χ4v) is 5.16. The predicted octanol–water partition coefficient (Wildman–Crippen LogP) is 3.96. The average Bonchev–Trinajstić information content (AvgIpc) is 3.20. The lowest BCUT2D eigenvalue weighted by Crippen LogP contribution is -2.36. The first-order valence-corrected chi connectivity index (χ1v) is 12.4. The summed E-state index contributed by atoms with van der Waals surface area (Å²) in [5.74, 6) is 0.201. The number of anilines is 1. The molecule has 0 aliphatic carbocycles. The highest BCUT2D eigenvalue weighted by molar-refractivity contribution is 7.91. The minimum Gasteiger partial charge on any atom is -0.494 e. The van der Waals surface area contributed by atoms with Crippen LogP contribution in [0.1, 0.15) is 17.3 Å². The van der Waals surface area contributed by atoms with Gasteiger partial charge in [-0.3, -0.25) is 9.69 Å². The molecule has 1 amide bonds. The Balaban J connectivity index is 2.08. The Bertz CT molecular complexity index is 1210. The molecule has 10 heteroatoms. The van der Waals surface area contributed by atoms with Gasteiger partial charge in [0.1, 0.15) is 11.3 Å². The molecule has 0 N–H and O–H groups in total. The van der Waals surface area contributed by atoms with Crippen molar-refractivity contribution < 1.29 is 17.9 Å². The standard InChI is InChI=1S/C21H24ClN3O4S2/c1-5-31(27,28)15-8-6-7-14(13-15)20(26)25(12-11-24(2)3)21-23-18-17(29-4)10-9-16(22)19(18)30-21/h6-10,13H,5,11-12H2,1-4H3. The second-order valence-corrected chi connectivity index (χ2v) is 10.8. The zero-order valence-electron chi connectivity index (χ0n) is 17.8. The Labute approximate surface area is 191 Å². The van der Waals surface area contributed by atoms with Crippen LogP contribution >= 0.6 is 22.9 Å². The maximum absolute atomic E-state index is 13.5. The van der Waals surface area contributed by atoms with E-state index >= 15 is 0 Å². The number of halogens is 1. The number of carbonyl (C=O) groups is 1. The van der Waals surface area contributed by atoms with Crippen molar-refractivity contribution in [3.8, 4) is 5.75 Å². The van der Waals surface area contributed by atoms with Crippen LogP contribution < -0.4 is 9.64 Å². The number of hydrogen-bond donors (Lipinski definition) is 0. The Morgan fingerprint density at radius 2 is 1.94 bits per heavy atom. The number of methoxy groups -OCH3 is 1. The Kier molecular flexibility index (Phi) is 7.20. The molecule has 0 atom stereocenters. The Morgan fingerprint density at radius 3 is 2.58 bits per heavy atom. The summed E-state index contributed by atoms with van der Waals surface area (Å²) in [4.78, 5) is 21.7. The predicted molar refractivity (Wildman–Crippen MR) is 126 cm³/mol. The zero-order chi connectivity index (χ0) is 22.8. The van der Waals surface area contributed by atoms with Gasteiger partial charge in [0.2, 0.25) is 0 Å². The lowest BCUT2D eigenvalue weighted by molar-refractivity contribution is 0.0985. The molecule has 0 spiro atoms. The highest BCUT2D eigenvalue weighted by Crippen LogP contribution is 2.39. The van der Waals surface area contributed by atoms with Crippen molar-refractivity contribution in [1.29, 1.82) is 0 Å². The van der Waals surface area contributed by atoms with E-state index in [0.717, 1.165) is 4.70 Å². The molecule has 0 radical (unpaired) electrons. The quantitative estimate of drug-likeness (QED) is 0.484. The van der Waals surface area contributed by atoms with Crippen molar-refractivity contribution in [3.05, 3.63) is 47.0 Å². The summed E-state index contributed by atoms with van der Waals surface area (Å²) >= 11 is 7.65. The van der Waals surface area contributed by atoms with Gasteiger partial charge in [-0.25, -0.2) is 13.4 Å². The lowest BCUT2D eigenvalue weighted by atomic mass is 10.2. The molecule has 1 heterocycles. The van der Waals surface area contributed by atoms with Gasteiger partial charge < -0.3 is 9.64 Å². The monoisotopic (exact) mass is 481 g/mol. The van der Waals surface area contributed by atoms with Crippen molar-refractivity contribution in [1.82, 2.24) is 9.88 Å². The number of aromatic nitrogens is 1. The summed E-state index contributed by atoms with van der Waals surface area (Å²) in [7, 11) is 1.94. The number of thiazole rings is 1. The third kappa shape index (κ3) is 5.01. The summed E-state index contributed by atoms with van der Waals surface area (Å²) in [5.41, 5.74) is 0.866. The van der Waals surface area contributed by atoms with Crippen molar-refractivity contribution in [2.24, 2.45) is 0 Å². The molecule has 3 aromatic rings. The molecule has 166 valence electrons. The van der Waals surface area contributed by atoms with Crippen molar-refractivity contribution in [2.75, 3.05) is 44.9 Å². The molecule has 0 bridgehead atoms. The van der Waals surface area contributed by atoms with E-state index in [-0.39, 0.29) is 22.1 Å². The fourth-order valence-electron chi connectivity index (χ4n) is 2.95. The summed E-state index contributed by atoms with van der Waals surface area (Å²) in [5, 5.41) is 0.993. The van der Waals surface area contributed by atoms with Crippen LogP contribution in [-0.4, -0.2) is 64.3 Å². The van der Waals surface area contributed by atoms with Crippen LogP contribution in [0.2, 0.25) is 5.02 Å². The summed E-state index contributed by atoms with van der Waals surface area (Å²) < 4.78 is 30.7. The van der Waals surface area contributed by atoms with Crippen LogP contribution in [-0.2, 0) is 9.84 Å². The van der Waals surface area contributed by atoms with Gasteiger partial charge in [0.15, 0.2) is 15.0 Å². The lowest BCUT2D eigenvalue weighted by Gasteiger charge is -2.22. The first kappa shape index (κ1) is 23.5. The molecule has 31 heavy (non-hydrogen) atoms. The zero-order valence-corrected chi connectivity index (χ0v) is 20.1. The highest BCUT2D eigenvalue weighted by Gasteiger charge is 2.24. The fraction of sp³-hybridized carbons (Fsp3) is 0.333. The molecule has 2 aromatic carbocycles. The molecule has 1 aromatic heterocycles. The summed E-state index contributed by atoms with van der Waals surface area (Å²) in [6.45, 7) is 2.54. The van der Waals surface area contributed by atoms with Crippen LogP contribution in [0, 0.1) is 0 Å². The molecule has 0 unspecified atom stereocenters. The van der Waals surface area contributed by atoms with Crippen LogP contribution in [0.5, 0.6) is 5.75 Å². The van der Waals surface area contributed by atoms with Gasteiger partial charge in [-0.1, -0.05) is 35.9 Å². The Hall–Kier alpha value is -2.20. The van der Waals surface area contributed by atoms with E-state index in [1.54, 1.807) is 43.2 Å². The van der Waals surface area contributed by atoms with E-state index in [4.69, 9.17) is 16.3 Å². The molecule has 3 rings (SSSR count). The van der Waals surface area contributed by atoms with Gasteiger partial charge in [0.05, 0.1) is 27.5 Å². The normalized spacial score (nSPS) is 11.8. The van der Waals surface area contributed by atoms with Gasteiger partial charge in [0, 0.05) is 18.7 Å². The molecule has 7 nitrogen and oxygen atoms in total. The van der Waals surface area contributed by atoms with E-state index in [2.05, 4.69) is 4.98 Å². The van der Waals surface area contributed by atoms with E-state index in [1.165, 1.54) is 23.5 Å². The molecular formula is C21H24ClN3O4S2. The molecular weight excluding hydrogens is 458 g/mol. The topological polar surface area (TPSA) is 79.8 Å². The number of likely N-dealkylation sites (N-methyl/N-ethyl adjacent to an activating group) is 1. The largest absolute Gasteiger partial charge is 0.494 e. The number of benzene rings is 2. The SMILES string of the molecule is CCS(=O)(=O)c1cccc(C(=O)N(CCN(C)C)c2nc3c(OC)ccc(Cl)c3s2)c1. The van der Waals surface area contributed by atoms with Crippen LogP contribution in [0.25, 0.3) is 10.2 Å². The Morgan fingerprint density at radius 1 is 1.19 bits per heavy atom. The number of fused-ring (bicyclic) bond motifs is 1. The molecule has 0 saturated carbocycles. The smallest absolute Gasteiger partial charge is 0.260 e. The van der Waals surface area contributed by atoms with Gasteiger partial charge >= 0.3 is 0 Å². The molecule has 0 saturated heterocycles. The highest BCUT2D eigenvalue weighted by atomic mass is 35.5. The third-order valence-corrected chi connectivity index (χ3v) is 8.01. The number of rotatable bonds is 8. The summed E-state index contributed by atoms with van der Waals surface area (Å²) in [6, 6.07) is 9.58. The third-order valence-electron chi connectivity index (χ3n) is 4.73. The number of nitrogens with zero attached hydrogens (tertiary/aromatic N) is 3. The van der Waals surface area contributed by atoms with Gasteiger partial charge in [-0.05, 0) is 44.4 Å². The van der Waals surface area contributed by atoms with Crippen LogP contribution in [0.3, 0.4) is 0 Å². The number of hydrogen-bond acceptors (Lipinski definition) is 7. The van der Waals surface area contributed by atoms with E-state index < -0.39 is 9.84 Å². The number of sulfone groups is 1. The first-order chi connectivity index (χ1) is 14.7. The van der Waals surface area contributed by atoms with Crippen molar-refractivity contribution in [2.45, 2.75) is 11.8 Å². The van der Waals surface area contributed by atoms with E-state index in [9.17, 15) is 13.2 Å². The molecule has 0 aliphatic rings. The minimum absolute atomic E-state index is 0.0366. The molecule has 0 aliphatic heterocycles. The summed E-state index contributed by atoms with van der Waals surface area (Å²) in [6.07, 6.45) is 0. The first-order valence-electron chi connectivity index (χ1n) is 9.60. The van der Waals surface area contributed by atoms with Crippen LogP contribution in [0.4, 0.5) is 5.13 Å². The maximum atomic E-state index is 13.5. The molecule has 0 fully saturated rings. The number of carbonyl (C=O) groups excluding carboxylic acids is 1. The second kappa shape index (κ2) is 9.52. The maximum Gasteiger partial charge on any atom is 0.260 e. The number of amides is 1. The number of ether oxygens (including phenoxy) is 1. The van der Waals surface area contributed by atoms with E-state index in [1.807, 2.05) is 19.0 Å². The van der Waals surface area contributed by atoms with Gasteiger partial charge in [-0.15, -0.1) is 0 Å². The van der Waals surface area contributed by atoms with Crippen molar-refractivity contribution in [3.63, 3.8) is 0 Å². The second-order valence-electron chi connectivity index (χ2n) is 7.12. The van der Waals surface area contributed by atoms with Gasteiger partial charge in [-0.2, -0.15) is 0 Å². The van der Waals surface area contributed by atoms with Gasteiger partial charge in [0.25, 0.3) is 5.91 Å². The van der Waals surface area contributed by atoms with E-state index in [0.29, 0.717) is 34.5 Å². The van der Waals surface area contributed by atoms with Crippen molar-refractivity contribution >= 4 is 54.0 Å².